The van der Waals surface area contributed by atoms with Crippen molar-refractivity contribution in [3.05, 3.63) is 57.0 Å². The molecule has 1 aromatic carbocycles. The van der Waals surface area contributed by atoms with Gasteiger partial charge in [0.05, 0.1) is 4.34 Å². The highest BCUT2D eigenvalue weighted by atomic mass is 35.5. The van der Waals surface area contributed by atoms with Crippen LogP contribution in [0.5, 0.6) is 0 Å². The third-order valence-corrected chi connectivity index (χ3v) is 5.11. The van der Waals surface area contributed by atoms with Crippen molar-refractivity contribution >= 4 is 22.9 Å². The molecule has 1 aliphatic rings. The molecule has 1 N–H and O–H groups in total. The summed E-state index contributed by atoms with van der Waals surface area (Å²) < 4.78 is 14.7. The van der Waals surface area contributed by atoms with Crippen LogP contribution in [0.15, 0.2) is 36.4 Å². The van der Waals surface area contributed by atoms with Gasteiger partial charge in [-0.3, -0.25) is 0 Å². The molecule has 3 rings (SSSR count). The summed E-state index contributed by atoms with van der Waals surface area (Å²) in [6, 6.07) is 11.8. The minimum Gasteiger partial charge on any atom is -0.314 e. The first-order valence-corrected chi connectivity index (χ1v) is 8.61. The van der Waals surface area contributed by atoms with Gasteiger partial charge in [0.1, 0.15) is 5.82 Å². The zero-order chi connectivity index (χ0) is 14.7. The highest BCUT2D eigenvalue weighted by Crippen LogP contribution is 2.26. The highest BCUT2D eigenvalue weighted by molar-refractivity contribution is 7.16. The standard InChI is InChI=1S/C17H19ClFNS/c18-17-8-7-15(21-17)10-12(11-20-14-5-6-14)9-13-3-1-2-4-16(13)19/h1-4,7-8,12,14,20H,5-6,9-11H2. The third kappa shape index (κ3) is 4.53. The molecular formula is C17H19ClFNS. The molecule has 1 unspecified atom stereocenters. The van der Waals surface area contributed by atoms with Gasteiger partial charge in [0, 0.05) is 10.9 Å². The van der Waals surface area contributed by atoms with Crippen LogP contribution in [-0.2, 0) is 12.8 Å². The smallest absolute Gasteiger partial charge is 0.126 e. The zero-order valence-electron chi connectivity index (χ0n) is 11.8. The Balaban J connectivity index is 1.67. The first-order chi connectivity index (χ1) is 10.2. The summed E-state index contributed by atoms with van der Waals surface area (Å²) in [5, 5.41) is 3.57. The summed E-state index contributed by atoms with van der Waals surface area (Å²) in [7, 11) is 0. The Kier molecular flexibility index (Phi) is 4.94. The van der Waals surface area contributed by atoms with Crippen LogP contribution >= 0.6 is 22.9 Å². The van der Waals surface area contributed by atoms with Crippen LogP contribution in [0.2, 0.25) is 4.34 Å². The van der Waals surface area contributed by atoms with Crippen LogP contribution in [-0.4, -0.2) is 12.6 Å². The average molecular weight is 324 g/mol. The Morgan fingerprint density at radius 3 is 2.67 bits per heavy atom. The quantitative estimate of drug-likeness (QED) is 0.779. The van der Waals surface area contributed by atoms with Gasteiger partial charge in [-0.1, -0.05) is 29.8 Å². The summed E-state index contributed by atoms with van der Waals surface area (Å²) >= 11 is 7.63. The lowest BCUT2D eigenvalue weighted by Crippen LogP contribution is -2.27. The van der Waals surface area contributed by atoms with Crippen LogP contribution < -0.4 is 5.32 Å². The fourth-order valence-corrected chi connectivity index (χ4v) is 3.76. The molecule has 21 heavy (non-hydrogen) atoms. The number of thiophene rings is 1. The fraction of sp³-hybridized carbons (Fsp3) is 0.412. The van der Waals surface area contributed by atoms with E-state index in [1.165, 1.54) is 17.7 Å². The van der Waals surface area contributed by atoms with Gasteiger partial charge in [-0.15, -0.1) is 11.3 Å². The van der Waals surface area contributed by atoms with Gasteiger partial charge in [0.15, 0.2) is 0 Å². The molecule has 1 heterocycles. The van der Waals surface area contributed by atoms with E-state index in [4.69, 9.17) is 11.6 Å². The number of rotatable bonds is 7. The van der Waals surface area contributed by atoms with Crippen molar-refractivity contribution in [3.63, 3.8) is 0 Å². The van der Waals surface area contributed by atoms with Gasteiger partial charge in [0.25, 0.3) is 0 Å². The van der Waals surface area contributed by atoms with E-state index in [9.17, 15) is 4.39 Å². The lowest BCUT2D eigenvalue weighted by molar-refractivity contribution is 0.461. The maximum atomic E-state index is 13.9. The van der Waals surface area contributed by atoms with Gasteiger partial charge in [-0.05, 0) is 61.9 Å². The first kappa shape index (κ1) is 15.0. The maximum absolute atomic E-state index is 13.9. The zero-order valence-corrected chi connectivity index (χ0v) is 13.4. The molecular weight excluding hydrogens is 305 g/mol. The molecule has 1 aromatic heterocycles. The Bertz CT molecular complexity index is 594. The molecule has 1 fully saturated rings. The Labute approximate surface area is 134 Å². The number of nitrogens with one attached hydrogen (secondary N) is 1. The fourth-order valence-electron chi connectivity index (χ4n) is 2.56. The monoisotopic (exact) mass is 323 g/mol. The van der Waals surface area contributed by atoms with Crippen LogP contribution in [0.3, 0.4) is 0 Å². The Morgan fingerprint density at radius 2 is 2.00 bits per heavy atom. The Morgan fingerprint density at radius 1 is 1.19 bits per heavy atom. The second kappa shape index (κ2) is 6.91. The highest BCUT2D eigenvalue weighted by Gasteiger charge is 2.22. The van der Waals surface area contributed by atoms with E-state index >= 15 is 0 Å². The molecule has 0 radical (unpaired) electrons. The van der Waals surface area contributed by atoms with Crippen molar-refractivity contribution in [1.82, 2.24) is 5.32 Å². The normalized spacial score (nSPS) is 16.1. The predicted molar refractivity (Wildman–Crippen MR) is 87.7 cm³/mol. The second-order valence-corrected chi connectivity index (χ2v) is 7.55. The number of hydrogen-bond donors (Lipinski definition) is 1. The SMILES string of the molecule is Fc1ccccc1CC(CNC1CC1)Cc1ccc(Cl)s1. The summed E-state index contributed by atoms with van der Waals surface area (Å²) in [5.74, 6) is 0.301. The van der Waals surface area contributed by atoms with E-state index in [1.54, 1.807) is 23.5 Å². The third-order valence-electron chi connectivity index (χ3n) is 3.86. The van der Waals surface area contributed by atoms with Gasteiger partial charge in [-0.2, -0.15) is 0 Å². The molecule has 0 saturated heterocycles. The van der Waals surface area contributed by atoms with E-state index in [2.05, 4.69) is 11.4 Å². The van der Waals surface area contributed by atoms with E-state index in [1.807, 2.05) is 18.2 Å². The van der Waals surface area contributed by atoms with Crippen LogP contribution in [0, 0.1) is 11.7 Å². The number of benzene rings is 1. The minimum atomic E-state index is -0.0990. The molecule has 1 aliphatic carbocycles. The molecule has 1 saturated carbocycles. The van der Waals surface area contributed by atoms with Crippen molar-refractivity contribution < 1.29 is 4.39 Å². The Hall–Kier alpha value is -0.900. The summed E-state index contributed by atoms with van der Waals surface area (Å²) in [6.07, 6.45) is 4.27. The second-order valence-electron chi connectivity index (χ2n) is 5.75. The number of halogens is 2. The molecule has 0 spiro atoms. The summed E-state index contributed by atoms with van der Waals surface area (Å²) in [4.78, 5) is 1.28. The van der Waals surface area contributed by atoms with Gasteiger partial charge in [0.2, 0.25) is 0 Å². The predicted octanol–water partition coefficient (Wildman–Crippen LogP) is 4.69. The van der Waals surface area contributed by atoms with Crippen molar-refractivity contribution in [1.29, 1.82) is 0 Å². The molecule has 2 aromatic rings. The molecule has 4 heteroatoms. The minimum absolute atomic E-state index is 0.0990. The van der Waals surface area contributed by atoms with E-state index in [0.29, 0.717) is 12.0 Å². The first-order valence-electron chi connectivity index (χ1n) is 7.41. The van der Waals surface area contributed by atoms with Crippen molar-refractivity contribution in [2.75, 3.05) is 6.54 Å². The maximum Gasteiger partial charge on any atom is 0.126 e. The lowest BCUT2D eigenvalue weighted by Gasteiger charge is -2.17. The van der Waals surface area contributed by atoms with Crippen LogP contribution in [0.25, 0.3) is 0 Å². The molecule has 0 bridgehead atoms. The number of hydrogen-bond acceptors (Lipinski definition) is 2. The van der Waals surface area contributed by atoms with Gasteiger partial charge >= 0.3 is 0 Å². The average Bonchev–Trinajstić information content (AvgIpc) is 3.21. The van der Waals surface area contributed by atoms with Gasteiger partial charge in [-0.25, -0.2) is 4.39 Å². The lowest BCUT2D eigenvalue weighted by atomic mass is 9.95. The molecule has 0 aliphatic heterocycles. The van der Waals surface area contributed by atoms with E-state index in [-0.39, 0.29) is 5.82 Å². The van der Waals surface area contributed by atoms with Crippen molar-refractivity contribution in [2.45, 2.75) is 31.7 Å². The molecule has 1 atom stereocenters. The largest absolute Gasteiger partial charge is 0.314 e. The van der Waals surface area contributed by atoms with Gasteiger partial charge < -0.3 is 5.32 Å². The molecule has 1 nitrogen and oxygen atoms in total. The van der Waals surface area contributed by atoms with Crippen LogP contribution in [0.1, 0.15) is 23.3 Å². The summed E-state index contributed by atoms with van der Waals surface area (Å²) in [5.41, 5.74) is 0.808. The summed E-state index contributed by atoms with van der Waals surface area (Å²) in [6.45, 7) is 0.939. The van der Waals surface area contributed by atoms with E-state index in [0.717, 1.165) is 29.3 Å². The molecule has 0 amide bonds. The molecule has 112 valence electrons. The topological polar surface area (TPSA) is 12.0 Å². The van der Waals surface area contributed by atoms with Crippen molar-refractivity contribution in [3.8, 4) is 0 Å². The van der Waals surface area contributed by atoms with Crippen LogP contribution in [0.4, 0.5) is 4.39 Å². The van der Waals surface area contributed by atoms with Crippen molar-refractivity contribution in [2.24, 2.45) is 5.92 Å². The van der Waals surface area contributed by atoms with E-state index < -0.39 is 0 Å².